The molecule has 0 aliphatic rings. The van der Waals surface area contributed by atoms with E-state index in [1.165, 1.54) is 44.5 Å². The van der Waals surface area contributed by atoms with E-state index in [9.17, 15) is 14.0 Å². The van der Waals surface area contributed by atoms with Crippen LogP contribution < -0.4 is 14.9 Å². The quantitative estimate of drug-likeness (QED) is 0.342. The number of nitrogens with one attached hydrogen (secondary N) is 1. The van der Waals surface area contributed by atoms with E-state index in [1.54, 1.807) is 6.07 Å². The monoisotopic (exact) mass is 474 g/mol. The lowest BCUT2D eigenvalue weighted by Gasteiger charge is -2.24. The van der Waals surface area contributed by atoms with E-state index in [4.69, 9.17) is 9.47 Å². The van der Waals surface area contributed by atoms with Gasteiger partial charge in [-0.15, -0.1) is 0 Å². The van der Waals surface area contributed by atoms with Gasteiger partial charge in [0.15, 0.2) is 22.7 Å². The van der Waals surface area contributed by atoms with Crippen LogP contribution in [0.1, 0.15) is 49.3 Å². The molecule has 6 nitrogen and oxygen atoms in total. The summed E-state index contributed by atoms with van der Waals surface area (Å²) in [6.45, 7) is 9.61. The van der Waals surface area contributed by atoms with Crippen LogP contribution in [0.3, 0.4) is 0 Å². The van der Waals surface area contributed by atoms with Crippen molar-refractivity contribution >= 4 is 16.7 Å². The van der Waals surface area contributed by atoms with Gasteiger partial charge in [0.25, 0.3) is 0 Å². The second-order valence-electron chi connectivity index (χ2n) is 9.50. The van der Waals surface area contributed by atoms with Crippen LogP contribution in [0.5, 0.6) is 17.2 Å². The Labute approximate surface area is 202 Å². The largest absolute Gasteiger partial charge is 0.493 e. The summed E-state index contributed by atoms with van der Waals surface area (Å²) in [7, 11) is 1.45. The highest BCUT2D eigenvalue weighted by molar-refractivity contribution is 6.04. The maximum absolute atomic E-state index is 13.8. The number of ketones is 1. The highest BCUT2D eigenvalue weighted by Crippen LogP contribution is 2.41. The molecular formula is C28H27FN2O4. The van der Waals surface area contributed by atoms with Gasteiger partial charge in [0.1, 0.15) is 17.3 Å². The number of ether oxygens (including phenoxy) is 2. The molecule has 0 spiro atoms. The first-order valence-corrected chi connectivity index (χ1v) is 11.2. The summed E-state index contributed by atoms with van der Waals surface area (Å²) in [4.78, 5) is 32.5. The van der Waals surface area contributed by atoms with Crippen LogP contribution in [0, 0.1) is 12.7 Å². The van der Waals surface area contributed by atoms with Crippen molar-refractivity contribution in [1.29, 1.82) is 0 Å². The molecule has 0 aliphatic carbocycles. The van der Waals surface area contributed by atoms with Gasteiger partial charge in [-0.05, 0) is 47.7 Å². The Hall–Kier alpha value is -4.00. The van der Waals surface area contributed by atoms with Gasteiger partial charge in [-0.25, -0.2) is 4.39 Å². The number of carbonyl (C=O) groups is 1. The molecule has 0 bridgehead atoms. The van der Waals surface area contributed by atoms with Gasteiger partial charge in [-0.1, -0.05) is 26.8 Å². The molecule has 4 rings (SSSR count). The molecule has 35 heavy (non-hydrogen) atoms. The minimum Gasteiger partial charge on any atom is -0.493 e. The molecule has 1 N–H and O–H groups in total. The predicted molar refractivity (Wildman–Crippen MR) is 134 cm³/mol. The lowest BCUT2D eigenvalue weighted by molar-refractivity contribution is 0.101. The number of aryl methyl sites for hydroxylation is 1. The average Bonchev–Trinajstić information content (AvgIpc) is 2.78. The first-order valence-electron chi connectivity index (χ1n) is 11.2. The maximum atomic E-state index is 13.8. The third-order valence-electron chi connectivity index (χ3n) is 5.86. The maximum Gasteiger partial charge on any atom is 0.192 e. The van der Waals surface area contributed by atoms with E-state index < -0.39 is 5.82 Å². The number of pyridine rings is 2. The third kappa shape index (κ3) is 4.67. The molecule has 180 valence electrons. The zero-order valence-corrected chi connectivity index (χ0v) is 20.6. The molecule has 0 atom stereocenters. The summed E-state index contributed by atoms with van der Waals surface area (Å²) >= 11 is 0. The second-order valence-corrected chi connectivity index (χ2v) is 9.50. The van der Waals surface area contributed by atoms with Crippen LogP contribution in [-0.2, 0) is 5.41 Å². The van der Waals surface area contributed by atoms with E-state index in [2.05, 4.69) is 36.8 Å². The van der Waals surface area contributed by atoms with Gasteiger partial charge in [0.05, 0.1) is 23.7 Å². The van der Waals surface area contributed by atoms with Crippen LogP contribution >= 0.6 is 0 Å². The van der Waals surface area contributed by atoms with Gasteiger partial charge in [0, 0.05) is 30.8 Å². The minimum absolute atomic E-state index is 0.127. The molecule has 0 aliphatic heterocycles. The summed E-state index contributed by atoms with van der Waals surface area (Å²) in [5.74, 6) is 0.344. The van der Waals surface area contributed by atoms with Crippen LogP contribution in [0.2, 0.25) is 0 Å². The fourth-order valence-corrected chi connectivity index (χ4v) is 4.06. The number of fused-ring (bicyclic) bond motifs is 1. The zero-order valence-electron chi connectivity index (χ0n) is 20.6. The van der Waals surface area contributed by atoms with E-state index in [-0.39, 0.29) is 33.5 Å². The van der Waals surface area contributed by atoms with E-state index in [0.717, 1.165) is 11.1 Å². The van der Waals surface area contributed by atoms with Crippen molar-refractivity contribution in [2.24, 2.45) is 0 Å². The molecule has 0 amide bonds. The van der Waals surface area contributed by atoms with Crippen LogP contribution in [0.4, 0.5) is 4.39 Å². The number of aromatic nitrogens is 2. The SMILES string of the molecule is COc1cc(F)ccc1Oc1cc(C(C)(C)C)cc(C)c1-c1cc(=O)c2c(C(C)=O)nccc2[nH]1. The van der Waals surface area contributed by atoms with Crippen molar-refractivity contribution in [2.75, 3.05) is 7.11 Å². The number of Topliss-reactive ketones (excluding diaryl/α,β-unsaturated/α-hetero) is 1. The Kier molecular flexibility index (Phi) is 6.19. The Balaban J connectivity index is 1.98. The van der Waals surface area contributed by atoms with Crippen molar-refractivity contribution in [3.63, 3.8) is 0 Å². The molecule has 4 aromatic rings. The Morgan fingerprint density at radius 2 is 1.77 bits per heavy atom. The minimum atomic E-state index is -0.442. The lowest BCUT2D eigenvalue weighted by Crippen LogP contribution is -2.13. The highest BCUT2D eigenvalue weighted by Gasteiger charge is 2.22. The number of H-pyrrole nitrogens is 1. The summed E-state index contributed by atoms with van der Waals surface area (Å²) in [5.41, 5.74) is 3.23. The Morgan fingerprint density at radius 3 is 2.43 bits per heavy atom. The first kappa shape index (κ1) is 24.1. The van der Waals surface area contributed by atoms with E-state index >= 15 is 0 Å². The summed E-state index contributed by atoms with van der Waals surface area (Å²) < 4.78 is 25.4. The van der Waals surface area contributed by atoms with Crippen molar-refractivity contribution in [3.8, 4) is 28.5 Å². The Morgan fingerprint density at radius 1 is 1.03 bits per heavy atom. The molecule has 0 fully saturated rings. The lowest BCUT2D eigenvalue weighted by atomic mass is 9.84. The number of hydrogen-bond acceptors (Lipinski definition) is 5. The molecule has 2 heterocycles. The number of methoxy groups -OCH3 is 1. The molecule has 0 saturated carbocycles. The number of hydrogen-bond donors (Lipinski definition) is 1. The van der Waals surface area contributed by atoms with Crippen molar-refractivity contribution in [2.45, 2.75) is 40.0 Å². The molecule has 0 radical (unpaired) electrons. The number of benzene rings is 2. The van der Waals surface area contributed by atoms with Crippen molar-refractivity contribution < 1.29 is 18.7 Å². The number of aromatic amines is 1. The van der Waals surface area contributed by atoms with Gasteiger partial charge in [-0.2, -0.15) is 0 Å². The average molecular weight is 475 g/mol. The standard InChI is InChI=1S/C28H27FN2O4/c1-15-11-17(28(3,4)5)12-24(35-22-8-7-18(29)13-23(22)34-6)25(15)20-14-21(33)26-19(31-20)9-10-30-27(26)16(2)32/h7-14H,1-6H3,(H,31,33). The molecule has 2 aromatic carbocycles. The summed E-state index contributed by atoms with van der Waals surface area (Å²) in [6, 6.07) is 11.1. The van der Waals surface area contributed by atoms with Crippen LogP contribution in [0.25, 0.3) is 22.2 Å². The van der Waals surface area contributed by atoms with Crippen LogP contribution in [-0.4, -0.2) is 22.9 Å². The second kappa shape index (κ2) is 8.98. The fourth-order valence-electron chi connectivity index (χ4n) is 4.06. The topological polar surface area (TPSA) is 81.3 Å². The molecule has 0 saturated heterocycles. The number of rotatable bonds is 5. The van der Waals surface area contributed by atoms with Crippen LogP contribution in [0.15, 0.2) is 53.5 Å². The molecular weight excluding hydrogens is 447 g/mol. The number of halogens is 1. The molecule has 0 unspecified atom stereocenters. The summed E-state index contributed by atoms with van der Waals surface area (Å²) in [6.07, 6.45) is 1.50. The van der Waals surface area contributed by atoms with Gasteiger partial charge in [-0.3, -0.25) is 14.6 Å². The molecule has 7 heteroatoms. The smallest absolute Gasteiger partial charge is 0.192 e. The van der Waals surface area contributed by atoms with Gasteiger partial charge in [0.2, 0.25) is 0 Å². The number of carbonyl (C=O) groups excluding carboxylic acids is 1. The Bertz CT molecular complexity index is 1520. The van der Waals surface area contributed by atoms with Gasteiger partial charge >= 0.3 is 0 Å². The molecule has 2 aromatic heterocycles. The van der Waals surface area contributed by atoms with Crippen molar-refractivity contribution in [1.82, 2.24) is 9.97 Å². The van der Waals surface area contributed by atoms with Crippen molar-refractivity contribution in [3.05, 3.63) is 81.5 Å². The third-order valence-corrected chi connectivity index (χ3v) is 5.86. The van der Waals surface area contributed by atoms with Gasteiger partial charge < -0.3 is 14.5 Å². The number of nitrogens with zero attached hydrogens (tertiary/aromatic N) is 1. The van der Waals surface area contributed by atoms with E-state index in [1.807, 2.05) is 13.0 Å². The fraction of sp³-hybridized carbons (Fsp3) is 0.250. The highest BCUT2D eigenvalue weighted by atomic mass is 19.1. The van der Waals surface area contributed by atoms with E-state index in [0.29, 0.717) is 28.3 Å². The normalized spacial score (nSPS) is 11.5. The zero-order chi connectivity index (χ0) is 25.5. The first-order chi connectivity index (χ1) is 16.5. The predicted octanol–water partition coefficient (Wildman–Crippen LogP) is 6.34. The summed E-state index contributed by atoms with van der Waals surface area (Å²) in [5, 5.41) is 0.246.